The average molecular weight is 309 g/mol. The third-order valence-corrected chi connectivity index (χ3v) is 4.85. The highest BCUT2D eigenvalue weighted by Gasteiger charge is 2.21. The molecule has 1 aliphatic rings. The van der Waals surface area contributed by atoms with Crippen LogP contribution in [0.15, 0.2) is 54.6 Å². The molecule has 0 bridgehead atoms. The van der Waals surface area contributed by atoms with Gasteiger partial charge in [0, 0.05) is 6.54 Å². The standard InChI is InChI=1S/C21H27NO/c1-23-21-13-5-11-19(16-21)20-12-7-15-22(17-20)14-6-10-18-8-3-2-4-9-18/h2-5,8-9,11,13,16,20H,6-7,10,12,14-15,17H2,1H3/t20-/m1/s1. The van der Waals surface area contributed by atoms with Gasteiger partial charge in [-0.05, 0) is 68.0 Å². The van der Waals surface area contributed by atoms with E-state index in [0.717, 1.165) is 5.75 Å². The predicted molar refractivity (Wildman–Crippen MR) is 96.2 cm³/mol. The number of rotatable bonds is 6. The summed E-state index contributed by atoms with van der Waals surface area (Å²) >= 11 is 0. The maximum Gasteiger partial charge on any atom is 0.119 e. The zero-order valence-corrected chi connectivity index (χ0v) is 14.1. The van der Waals surface area contributed by atoms with Gasteiger partial charge in [-0.3, -0.25) is 0 Å². The fraction of sp³-hybridized carbons (Fsp3) is 0.429. The minimum absolute atomic E-state index is 0.649. The van der Waals surface area contributed by atoms with Crippen molar-refractivity contribution in [1.29, 1.82) is 0 Å². The summed E-state index contributed by atoms with van der Waals surface area (Å²) in [5, 5.41) is 0. The number of benzene rings is 2. The number of ether oxygens (including phenoxy) is 1. The first-order chi connectivity index (χ1) is 11.3. The highest BCUT2D eigenvalue weighted by Crippen LogP contribution is 2.29. The number of methoxy groups -OCH3 is 1. The van der Waals surface area contributed by atoms with Crippen molar-refractivity contribution in [2.75, 3.05) is 26.7 Å². The van der Waals surface area contributed by atoms with Gasteiger partial charge in [-0.2, -0.15) is 0 Å². The van der Waals surface area contributed by atoms with E-state index in [0.29, 0.717) is 5.92 Å². The number of hydrogen-bond donors (Lipinski definition) is 0. The van der Waals surface area contributed by atoms with Gasteiger partial charge in [0.25, 0.3) is 0 Å². The van der Waals surface area contributed by atoms with Crippen LogP contribution in [0.4, 0.5) is 0 Å². The molecule has 0 aromatic heterocycles. The predicted octanol–water partition coefficient (Wildman–Crippen LogP) is 4.51. The van der Waals surface area contributed by atoms with Crippen molar-refractivity contribution in [1.82, 2.24) is 4.90 Å². The Labute approximate surface area is 140 Å². The fourth-order valence-corrected chi connectivity index (χ4v) is 3.58. The first-order valence-electron chi connectivity index (χ1n) is 8.75. The molecule has 0 N–H and O–H groups in total. The van der Waals surface area contributed by atoms with Crippen molar-refractivity contribution in [3.8, 4) is 5.75 Å². The lowest BCUT2D eigenvalue weighted by Gasteiger charge is -2.33. The second kappa shape index (κ2) is 8.16. The van der Waals surface area contributed by atoms with Crippen molar-refractivity contribution in [3.63, 3.8) is 0 Å². The molecule has 0 unspecified atom stereocenters. The van der Waals surface area contributed by atoms with E-state index in [1.807, 2.05) is 6.07 Å². The molecule has 0 spiro atoms. The number of hydrogen-bond acceptors (Lipinski definition) is 2. The molecule has 2 heteroatoms. The van der Waals surface area contributed by atoms with Gasteiger partial charge in [0.2, 0.25) is 0 Å². The molecule has 0 aliphatic carbocycles. The molecule has 122 valence electrons. The number of nitrogens with zero attached hydrogens (tertiary/aromatic N) is 1. The van der Waals surface area contributed by atoms with Gasteiger partial charge in [-0.25, -0.2) is 0 Å². The molecule has 2 aromatic carbocycles. The molecule has 2 nitrogen and oxygen atoms in total. The highest BCUT2D eigenvalue weighted by molar-refractivity contribution is 5.31. The summed E-state index contributed by atoms with van der Waals surface area (Å²) in [4.78, 5) is 2.64. The van der Waals surface area contributed by atoms with Crippen molar-refractivity contribution < 1.29 is 4.74 Å². The summed E-state index contributed by atoms with van der Waals surface area (Å²) < 4.78 is 5.37. The number of likely N-dealkylation sites (tertiary alicyclic amines) is 1. The molecule has 0 radical (unpaired) electrons. The maximum atomic E-state index is 5.37. The second-order valence-corrected chi connectivity index (χ2v) is 6.51. The van der Waals surface area contributed by atoms with Crippen LogP contribution in [0.2, 0.25) is 0 Å². The minimum atomic E-state index is 0.649. The van der Waals surface area contributed by atoms with E-state index >= 15 is 0 Å². The van der Waals surface area contributed by atoms with E-state index in [9.17, 15) is 0 Å². The van der Waals surface area contributed by atoms with Crippen LogP contribution < -0.4 is 4.74 Å². The van der Waals surface area contributed by atoms with Crippen LogP contribution in [0.1, 0.15) is 36.3 Å². The molecule has 23 heavy (non-hydrogen) atoms. The molecule has 0 saturated carbocycles. The lowest BCUT2D eigenvalue weighted by atomic mass is 9.90. The Morgan fingerprint density at radius 3 is 2.78 bits per heavy atom. The highest BCUT2D eigenvalue weighted by atomic mass is 16.5. The van der Waals surface area contributed by atoms with Gasteiger partial charge in [0.05, 0.1) is 7.11 Å². The largest absolute Gasteiger partial charge is 0.497 e. The van der Waals surface area contributed by atoms with Crippen LogP contribution in [-0.2, 0) is 6.42 Å². The van der Waals surface area contributed by atoms with Crippen molar-refractivity contribution in [3.05, 3.63) is 65.7 Å². The lowest BCUT2D eigenvalue weighted by molar-refractivity contribution is 0.206. The minimum Gasteiger partial charge on any atom is -0.497 e. The molecule has 2 aromatic rings. The van der Waals surface area contributed by atoms with E-state index in [-0.39, 0.29) is 0 Å². The summed E-state index contributed by atoms with van der Waals surface area (Å²) in [6, 6.07) is 19.4. The summed E-state index contributed by atoms with van der Waals surface area (Å²) in [6.45, 7) is 3.63. The average Bonchev–Trinajstić information content (AvgIpc) is 2.63. The van der Waals surface area contributed by atoms with Crippen LogP contribution in [0.25, 0.3) is 0 Å². The smallest absolute Gasteiger partial charge is 0.119 e. The first kappa shape index (κ1) is 16.1. The number of aryl methyl sites for hydroxylation is 1. The van der Waals surface area contributed by atoms with E-state index in [4.69, 9.17) is 4.74 Å². The first-order valence-corrected chi connectivity index (χ1v) is 8.75. The summed E-state index contributed by atoms with van der Waals surface area (Å²) in [7, 11) is 1.75. The maximum absolute atomic E-state index is 5.37. The zero-order valence-electron chi connectivity index (χ0n) is 14.1. The Kier molecular flexibility index (Phi) is 5.71. The Bertz CT molecular complexity index is 596. The molecule has 0 amide bonds. The normalized spacial score (nSPS) is 18.7. The third kappa shape index (κ3) is 4.59. The van der Waals surface area contributed by atoms with E-state index in [2.05, 4.69) is 53.4 Å². The van der Waals surface area contributed by atoms with Gasteiger partial charge in [-0.1, -0.05) is 42.5 Å². The van der Waals surface area contributed by atoms with Gasteiger partial charge in [0.1, 0.15) is 5.75 Å². The van der Waals surface area contributed by atoms with E-state index < -0.39 is 0 Å². The van der Waals surface area contributed by atoms with E-state index in [1.165, 1.54) is 56.4 Å². The molecule has 1 fully saturated rings. The van der Waals surface area contributed by atoms with Crippen LogP contribution in [0.3, 0.4) is 0 Å². The Hall–Kier alpha value is -1.80. The number of piperidine rings is 1. The van der Waals surface area contributed by atoms with Crippen molar-refractivity contribution in [2.45, 2.75) is 31.6 Å². The molecule has 1 heterocycles. The topological polar surface area (TPSA) is 12.5 Å². The molecule has 3 rings (SSSR count). The van der Waals surface area contributed by atoms with E-state index in [1.54, 1.807) is 7.11 Å². The zero-order chi connectivity index (χ0) is 15.9. The fourth-order valence-electron chi connectivity index (χ4n) is 3.58. The molecule has 1 atom stereocenters. The lowest BCUT2D eigenvalue weighted by Crippen LogP contribution is -2.35. The van der Waals surface area contributed by atoms with Gasteiger partial charge in [0.15, 0.2) is 0 Å². The molecular weight excluding hydrogens is 282 g/mol. The van der Waals surface area contributed by atoms with Crippen LogP contribution in [-0.4, -0.2) is 31.6 Å². The Morgan fingerprint density at radius 2 is 1.96 bits per heavy atom. The third-order valence-electron chi connectivity index (χ3n) is 4.85. The van der Waals surface area contributed by atoms with Gasteiger partial charge in [-0.15, -0.1) is 0 Å². The SMILES string of the molecule is COc1cccc([C@@H]2CCCN(CCCc3ccccc3)C2)c1. The monoisotopic (exact) mass is 309 g/mol. The van der Waals surface area contributed by atoms with Crippen LogP contribution in [0, 0.1) is 0 Å². The summed E-state index contributed by atoms with van der Waals surface area (Å²) in [5.74, 6) is 1.62. The van der Waals surface area contributed by atoms with Gasteiger partial charge < -0.3 is 9.64 Å². The van der Waals surface area contributed by atoms with Crippen LogP contribution >= 0.6 is 0 Å². The quantitative estimate of drug-likeness (QED) is 0.778. The Balaban J connectivity index is 1.51. The Morgan fingerprint density at radius 1 is 1.09 bits per heavy atom. The summed E-state index contributed by atoms with van der Waals surface area (Å²) in [5.41, 5.74) is 2.88. The van der Waals surface area contributed by atoms with Gasteiger partial charge >= 0.3 is 0 Å². The molecule has 1 aliphatic heterocycles. The molecular formula is C21H27NO. The summed E-state index contributed by atoms with van der Waals surface area (Å²) in [6.07, 6.45) is 5.02. The van der Waals surface area contributed by atoms with Crippen LogP contribution in [0.5, 0.6) is 5.75 Å². The van der Waals surface area contributed by atoms with Crippen molar-refractivity contribution in [2.24, 2.45) is 0 Å². The van der Waals surface area contributed by atoms with Crippen molar-refractivity contribution >= 4 is 0 Å². The molecule has 1 saturated heterocycles. The second-order valence-electron chi connectivity index (χ2n) is 6.51.